The van der Waals surface area contributed by atoms with Crippen LogP contribution in [0, 0.1) is 12.7 Å². The molecule has 0 saturated carbocycles. The van der Waals surface area contributed by atoms with Gasteiger partial charge in [-0.1, -0.05) is 41.5 Å². The Morgan fingerprint density at radius 1 is 1.30 bits per heavy atom. The molecule has 0 atom stereocenters. The van der Waals surface area contributed by atoms with Gasteiger partial charge in [-0.15, -0.1) is 0 Å². The summed E-state index contributed by atoms with van der Waals surface area (Å²) in [6.45, 7) is 2.49. The lowest BCUT2D eigenvalue weighted by Crippen LogP contribution is -2.13. The smallest absolute Gasteiger partial charge is 0.141 e. The lowest BCUT2D eigenvalue weighted by Gasteiger charge is -2.12. The molecular formula is C15H14ClFN2S. The van der Waals surface area contributed by atoms with E-state index in [2.05, 4.69) is 5.32 Å². The van der Waals surface area contributed by atoms with Crippen molar-refractivity contribution >= 4 is 34.5 Å². The van der Waals surface area contributed by atoms with Crippen LogP contribution >= 0.6 is 23.8 Å². The van der Waals surface area contributed by atoms with Crippen LogP contribution in [0.5, 0.6) is 0 Å². The van der Waals surface area contributed by atoms with Crippen molar-refractivity contribution < 1.29 is 4.39 Å². The summed E-state index contributed by atoms with van der Waals surface area (Å²) in [5, 5.41) is 3.35. The number of nitrogens with one attached hydrogen (secondary N) is 1. The van der Waals surface area contributed by atoms with Crippen LogP contribution in [0.3, 0.4) is 0 Å². The minimum atomic E-state index is -0.422. The van der Waals surface area contributed by atoms with Crippen molar-refractivity contribution in [2.24, 2.45) is 5.73 Å². The molecule has 0 aliphatic carbocycles. The third-order valence-electron chi connectivity index (χ3n) is 2.91. The van der Waals surface area contributed by atoms with Crippen LogP contribution in [0.25, 0.3) is 0 Å². The molecular weight excluding hydrogens is 295 g/mol. The molecule has 0 unspecified atom stereocenters. The van der Waals surface area contributed by atoms with E-state index >= 15 is 0 Å². The van der Waals surface area contributed by atoms with Crippen LogP contribution in [0.2, 0.25) is 5.02 Å². The highest BCUT2D eigenvalue weighted by atomic mass is 35.5. The van der Waals surface area contributed by atoms with Gasteiger partial charge in [0.1, 0.15) is 10.8 Å². The van der Waals surface area contributed by atoms with Crippen LogP contribution in [0.4, 0.5) is 10.1 Å². The SMILES string of the molecule is Cc1ccc(NCc2ccc(F)c(Cl)c2)c(C(N)=S)c1. The molecule has 20 heavy (non-hydrogen) atoms. The first kappa shape index (κ1) is 14.8. The Balaban J connectivity index is 2.18. The molecule has 2 aromatic rings. The molecule has 104 valence electrons. The number of aryl methyl sites for hydroxylation is 1. The summed E-state index contributed by atoms with van der Waals surface area (Å²) in [6.07, 6.45) is 0. The first-order valence-electron chi connectivity index (χ1n) is 6.05. The number of hydrogen-bond donors (Lipinski definition) is 2. The predicted molar refractivity (Wildman–Crippen MR) is 85.8 cm³/mol. The van der Waals surface area contributed by atoms with Crippen molar-refractivity contribution in [2.75, 3.05) is 5.32 Å². The van der Waals surface area contributed by atoms with Gasteiger partial charge in [-0.25, -0.2) is 4.39 Å². The zero-order valence-electron chi connectivity index (χ0n) is 10.9. The molecule has 0 aliphatic rings. The van der Waals surface area contributed by atoms with E-state index in [1.807, 2.05) is 25.1 Å². The van der Waals surface area contributed by atoms with E-state index in [1.165, 1.54) is 6.07 Å². The fourth-order valence-electron chi connectivity index (χ4n) is 1.86. The van der Waals surface area contributed by atoms with Gasteiger partial charge in [0.05, 0.1) is 5.02 Å². The molecule has 0 aliphatic heterocycles. The first-order valence-corrected chi connectivity index (χ1v) is 6.84. The van der Waals surface area contributed by atoms with Gasteiger partial charge in [-0.05, 0) is 36.8 Å². The highest BCUT2D eigenvalue weighted by molar-refractivity contribution is 7.80. The number of hydrogen-bond acceptors (Lipinski definition) is 2. The first-order chi connectivity index (χ1) is 9.47. The van der Waals surface area contributed by atoms with Gasteiger partial charge in [0.25, 0.3) is 0 Å². The van der Waals surface area contributed by atoms with Gasteiger partial charge in [-0.3, -0.25) is 0 Å². The monoisotopic (exact) mass is 308 g/mol. The average molecular weight is 309 g/mol. The second-order valence-electron chi connectivity index (χ2n) is 4.52. The van der Waals surface area contributed by atoms with Crippen LogP contribution in [-0.4, -0.2) is 4.99 Å². The molecule has 5 heteroatoms. The van der Waals surface area contributed by atoms with Gasteiger partial charge in [0.2, 0.25) is 0 Å². The van der Waals surface area contributed by atoms with Gasteiger partial charge >= 0.3 is 0 Å². The number of halogens is 2. The van der Waals surface area contributed by atoms with E-state index in [4.69, 9.17) is 29.6 Å². The Hall–Kier alpha value is -1.65. The standard InChI is InChI=1S/C15H14ClFN2S/c1-9-2-5-14(11(6-9)15(18)20)19-8-10-3-4-13(17)12(16)7-10/h2-7,19H,8H2,1H3,(H2,18,20). The Labute approximate surface area is 127 Å². The second kappa shape index (κ2) is 6.20. The maximum atomic E-state index is 13.1. The molecule has 0 amide bonds. The van der Waals surface area contributed by atoms with E-state index in [0.717, 1.165) is 22.4 Å². The van der Waals surface area contributed by atoms with E-state index < -0.39 is 5.82 Å². The average Bonchev–Trinajstić information content (AvgIpc) is 2.41. The largest absolute Gasteiger partial charge is 0.389 e. The minimum Gasteiger partial charge on any atom is -0.389 e. The zero-order chi connectivity index (χ0) is 14.7. The summed E-state index contributed by atoms with van der Waals surface area (Å²) in [5.41, 5.74) is 9.33. The van der Waals surface area contributed by atoms with Crippen LogP contribution in [0.1, 0.15) is 16.7 Å². The summed E-state index contributed by atoms with van der Waals surface area (Å²) in [6, 6.07) is 10.5. The van der Waals surface area contributed by atoms with Crippen LogP contribution in [0.15, 0.2) is 36.4 Å². The number of nitrogens with two attached hydrogens (primary N) is 1. The highest BCUT2D eigenvalue weighted by Crippen LogP contribution is 2.20. The fourth-order valence-corrected chi connectivity index (χ4v) is 2.24. The molecule has 0 bridgehead atoms. The quantitative estimate of drug-likeness (QED) is 0.837. The molecule has 0 spiro atoms. The third kappa shape index (κ3) is 3.46. The molecule has 2 nitrogen and oxygen atoms in total. The molecule has 0 radical (unpaired) electrons. The van der Waals surface area contributed by atoms with Crippen LogP contribution < -0.4 is 11.1 Å². The molecule has 0 saturated heterocycles. The highest BCUT2D eigenvalue weighted by Gasteiger charge is 2.06. The van der Waals surface area contributed by atoms with Crippen molar-refractivity contribution in [3.05, 3.63) is 63.9 Å². The number of rotatable bonds is 4. The molecule has 2 aromatic carbocycles. The van der Waals surface area contributed by atoms with Gasteiger partial charge in [0, 0.05) is 17.8 Å². The summed E-state index contributed by atoms with van der Waals surface area (Å²) < 4.78 is 13.1. The van der Waals surface area contributed by atoms with Crippen molar-refractivity contribution in [3.63, 3.8) is 0 Å². The maximum Gasteiger partial charge on any atom is 0.141 e. The maximum absolute atomic E-state index is 13.1. The summed E-state index contributed by atoms with van der Waals surface area (Å²) in [7, 11) is 0. The number of benzene rings is 2. The molecule has 3 N–H and O–H groups in total. The Morgan fingerprint density at radius 3 is 2.70 bits per heavy atom. The topological polar surface area (TPSA) is 38.0 Å². The number of thiocarbonyl (C=S) groups is 1. The van der Waals surface area contributed by atoms with Gasteiger partial charge in [0.15, 0.2) is 0 Å². The van der Waals surface area contributed by atoms with Crippen molar-refractivity contribution in [1.29, 1.82) is 0 Å². The molecule has 0 heterocycles. The summed E-state index contributed by atoms with van der Waals surface area (Å²) in [4.78, 5) is 0.341. The van der Waals surface area contributed by atoms with Crippen molar-refractivity contribution in [2.45, 2.75) is 13.5 Å². The minimum absolute atomic E-state index is 0.114. The lowest BCUT2D eigenvalue weighted by molar-refractivity contribution is 0.627. The third-order valence-corrected chi connectivity index (χ3v) is 3.42. The normalized spacial score (nSPS) is 10.3. The fraction of sp³-hybridized carbons (Fsp3) is 0.133. The van der Waals surface area contributed by atoms with Gasteiger partial charge in [-0.2, -0.15) is 0 Å². The molecule has 2 rings (SSSR count). The van der Waals surface area contributed by atoms with Gasteiger partial charge < -0.3 is 11.1 Å². The van der Waals surface area contributed by atoms with E-state index in [0.29, 0.717) is 11.5 Å². The molecule has 0 aromatic heterocycles. The second-order valence-corrected chi connectivity index (χ2v) is 5.36. The Morgan fingerprint density at radius 2 is 2.05 bits per heavy atom. The molecule has 0 fully saturated rings. The lowest BCUT2D eigenvalue weighted by atomic mass is 10.1. The van der Waals surface area contributed by atoms with E-state index in [1.54, 1.807) is 12.1 Å². The predicted octanol–water partition coefficient (Wildman–Crippen LogP) is 4.03. The Kier molecular flexibility index (Phi) is 4.57. The Bertz CT molecular complexity index is 658. The van der Waals surface area contributed by atoms with Crippen molar-refractivity contribution in [1.82, 2.24) is 0 Å². The summed E-state index contributed by atoms with van der Waals surface area (Å²) >= 11 is 10.8. The zero-order valence-corrected chi connectivity index (χ0v) is 12.5. The van der Waals surface area contributed by atoms with Crippen LogP contribution in [-0.2, 0) is 6.54 Å². The van der Waals surface area contributed by atoms with Crippen molar-refractivity contribution in [3.8, 4) is 0 Å². The van der Waals surface area contributed by atoms with E-state index in [9.17, 15) is 4.39 Å². The summed E-state index contributed by atoms with van der Waals surface area (Å²) in [5.74, 6) is -0.422. The number of anilines is 1. The van der Waals surface area contributed by atoms with E-state index in [-0.39, 0.29) is 5.02 Å².